The molecule has 116 valence electrons. The summed E-state index contributed by atoms with van der Waals surface area (Å²) in [6, 6.07) is 12.8. The molecule has 0 spiro atoms. The Morgan fingerprint density at radius 1 is 1.13 bits per heavy atom. The molecule has 0 atom stereocenters. The lowest BCUT2D eigenvalue weighted by Gasteiger charge is -2.07. The quantitative estimate of drug-likeness (QED) is 0.779. The fourth-order valence-corrected chi connectivity index (χ4v) is 2.51. The summed E-state index contributed by atoms with van der Waals surface area (Å²) in [4.78, 5) is 15.7. The third-order valence-corrected chi connectivity index (χ3v) is 3.63. The molecule has 0 unspecified atom stereocenters. The molecule has 23 heavy (non-hydrogen) atoms. The predicted octanol–water partition coefficient (Wildman–Crippen LogP) is 3.04. The molecule has 2 heterocycles. The number of primary amides is 1. The molecule has 0 fully saturated rings. The summed E-state index contributed by atoms with van der Waals surface area (Å²) in [6.07, 6.45) is 1.74. The molecule has 0 aliphatic heterocycles. The fraction of sp³-hybridized carbons (Fsp3) is 0.118. The number of hydrogen-bond donors (Lipinski definition) is 2. The van der Waals surface area contributed by atoms with E-state index in [2.05, 4.69) is 15.4 Å². The average molecular weight is 307 g/mol. The first-order valence-corrected chi connectivity index (χ1v) is 7.21. The van der Waals surface area contributed by atoms with Crippen LogP contribution < -0.4 is 11.1 Å². The lowest BCUT2D eigenvalue weighted by molar-refractivity contribution is 0.259. The van der Waals surface area contributed by atoms with Crippen LogP contribution in [-0.2, 0) is 0 Å². The van der Waals surface area contributed by atoms with Crippen LogP contribution in [0.25, 0.3) is 16.9 Å². The molecule has 2 aromatic heterocycles. The topological polar surface area (TPSA) is 85.8 Å². The summed E-state index contributed by atoms with van der Waals surface area (Å²) in [5.74, 6) is 0.557. The summed E-state index contributed by atoms with van der Waals surface area (Å²) in [6.45, 7) is 3.83. The zero-order valence-electron chi connectivity index (χ0n) is 12.9. The number of carbonyl (C=O) groups is 1. The van der Waals surface area contributed by atoms with Crippen molar-refractivity contribution in [2.75, 3.05) is 5.32 Å². The Hall–Kier alpha value is -3.15. The van der Waals surface area contributed by atoms with E-state index in [0.717, 1.165) is 28.2 Å². The number of rotatable bonds is 3. The molecular formula is C17H17N5O. The molecule has 0 aliphatic carbocycles. The Morgan fingerprint density at radius 3 is 2.52 bits per heavy atom. The largest absolute Gasteiger partial charge is 0.351 e. The van der Waals surface area contributed by atoms with Gasteiger partial charge in [0.25, 0.3) is 0 Å². The first-order chi connectivity index (χ1) is 11.1. The number of amides is 2. The summed E-state index contributed by atoms with van der Waals surface area (Å²) in [7, 11) is 0. The monoisotopic (exact) mass is 307 g/mol. The molecule has 3 N–H and O–H groups in total. The number of carbonyl (C=O) groups excluding carboxylic acids is 1. The first kappa shape index (κ1) is 14.8. The highest BCUT2D eigenvalue weighted by atomic mass is 16.2. The maximum Gasteiger partial charge on any atom is 0.317 e. The van der Waals surface area contributed by atoms with E-state index in [9.17, 15) is 4.79 Å². The van der Waals surface area contributed by atoms with Gasteiger partial charge in [-0.25, -0.2) is 9.48 Å². The molecule has 1 aromatic carbocycles. The van der Waals surface area contributed by atoms with Gasteiger partial charge in [0.05, 0.1) is 11.4 Å². The SMILES string of the molecule is Cc1ncccc1-c1nn(-c2ccccc2)c(NC(N)=O)c1C. The molecule has 0 saturated heterocycles. The van der Waals surface area contributed by atoms with E-state index in [4.69, 9.17) is 5.73 Å². The third-order valence-electron chi connectivity index (χ3n) is 3.63. The van der Waals surface area contributed by atoms with Gasteiger partial charge in [-0.05, 0) is 38.1 Å². The fourth-order valence-electron chi connectivity index (χ4n) is 2.51. The first-order valence-electron chi connectivity index (χ1n) is 7.21. The molecule has 6 heteroatoms. The number of aromatic nitrogens is 3. The van der Waals surface area contributed by atoms with Crippen molar-refractivity contribution in [1.82, 2.24) is 14.8 Å². The van der Waals surface area contributed by atoms with E-state index in [1.165, 1.54) is 0 Å². The van der Waals surface area contributed by atoms with Crippen molar-refractivity contribution in [3.63, 3.8) is 0 Å². The zero-order valence-corrected chi connectivity index (χ0v) is 12.9. The Bertz CT molecular complexity index is 855. The third kappa shape index (κ3) is 2.78. The van der Waals surface area contributed by atoms with E-state index in [0.29, 0.717) is 5.82 Å². The van der Waals surface area contributed by atoms with E-state index in [-0.39, 0.29) is 0 Å². The lowest BCUT2D eigenvalue weighted by atomic mass is 10.1. The van der Waals surface area contributed by atoms with Crippen molar-refractivity contribution in [3.05, 3.63) is 59.9 Å². The minimum Gasteiger partial charge on any atom is -0.351 e. The van der Waals surface area contributed by atoms with E-state index >= 15 is 0 Å². The number of urea groups is 1. The average Bonchev–Trinajstić information content (AvgIpc) is 2.85. The van der Waals surface area contributed by atoms with Gasteiger partial charge in [-0.1, -0.05) is 18.2 Å². The lowest BCUT2D eigenvalue weighted by Crippen LogP contribution is -2.21. The number of nitrogens with one attached hydrogen (secondary N) is 1. The standard InChI is InChI=1S/C17H17N5O/c1-11-15(14-9-6-10-19-12(14)2)21-22(16(11)20-17(18)23)13-7-4-3-5-8-13/h3-10H,1-2H3,(H3,18,20,23). The molecular weight excluding hydrogens is 290 g/mol. The van der Waals surface area contributed by atoms with Gasteiger partial charge >= 0.3 is 6.03 Å². The van der Waals surface area contributed by atoms with Gasteiger partial charge in [-0.2, -0.15) is 5.10 Å². The van der Waals surface area contributed by atoms with Crippen molar-refractivity contribution in [3.8, 4) is 16.9 Å². The van der Waals surface area contributed by atoms with Crippen LogP contribution >= 0.6 is 0 Å². The molecule has 3 rings (SSSR count). The molecule has 2 amide bonds. The van der Waals surface area contributed by atoms with E-state index < -0.39 is 6.03 Å². The second kappa shape index (κ2) is 5.92. The minimum atomic E-state index is -0.625. The van der Waals surface area contributed by atoms with Crippen LogP contribution in [0, 0.1) is 13.8 Å². The molecule has 0 saturated carbocycles. The maximum absolute atomic E-state index is 11.4. The van der Waals surface area contributed by atoms with Crippen LogP contribution in [0.1, 0.15) is 11.3 Å². The predicted molar refractivity (Wildman–Crippen MR) is 89.5 cm³/mol. The van der Waals surface area contributed by atoms with Crippen molar-refractivity contribution >= 4 is 11.8 Å². The number of benzene rings is 1. The Labute approximate surface area is 134 Å². The highest BCUT2D eigenvalue weighted by molar-refractivity contribution is 5.89. The van der Waals surface area contributed by atoms with Crippen LogP contribution in [0.2, 0.25) is 0 Å². The van der Waals surface area contributed by atoms with Crippen molar-refractivity contribution < 1.29 is 4.79 Å². The van der Waals surface area contributed by atoms with Gasteiger partial charge in [-0.15, -0.1) is 0 Å². The number of nitrogens with two attached hydrogens (primary N) is 1. The van der Waals surface area contributed by atoms with Crippen LogP contribution in [0.5, 0.6) is 0 Å². The number of pyridine rings is 1. The van der Waals surface area contributed by atoms with Crippen LogP contribution in [0.4, 0.5) is 10.6 Å². The molecule has 3 aromatic rings. The van der Waals surface area contributed by atoms with Gasteiger partial charge in [-0.3, -0.25) is 10.3 Å². The smallest absolute Gasteiger partial charge is 0.317 e. The number of nitrogens with zero attached hydrogens (tertiary/aromatic N) is 3. The Kier molecular flexibility index (Phi) is 3.80. The van der Waals surface area contributed by atoms with Gasteiger partial charge in [0.1, 0.15) is 5.82 Å². The second-order valence-corrected chi connectivity index (χ2v) is 5.20. The zero-order chi connectivity index (χ0) is 16.4. The van der Waals surface area contributed by atoms with E-state index in [1.807, 2.05) is 56.3 Å². The summed E-state index contributed by atoms with van der Waals surface area (Å²) < 4.78 is 1.68. The van der Waals surface area contributed by atoms with Gasteiger partial charge in [0.15, 0.2) is 0 Å². The summed E-state index contributed by atoms with van der Waals surface area (Å²) in [5.41, 5.74) is 9.56. The van der Waals surface area contributed by atoms with Crippen LogP contribution in [-0.4, -0.2) is 20.8 Å². The normalized spacial score (nSPS) is 10.5. The van der Waals surface area contributed by atoms with Gasteiger partial charge in [0, 0.05) is 23.0 Å². The Morgan fingerprint density at radius 2 is 1.87 bits per heavy atom. The molecule has 0 radical (unpaired) electrons. The van der Waals surface area contributed by atoms with E-state index in [1.54, 1.807) is 10.9 Å². The second-order valence-electron chi connectivity index (χ2n) is 5.20. The minimum absolute atomic E-state index is 0.557. The number of aryl methyl sites for hydroxylation is 1. The Balaban J connectivity index is 2.22. The number of para-hydroxylation sites is 1. The van der Waals surface area contributed by atoms with Crippen molar-refractivity contribution in [2.24, 2.45) is 5.73 Å². The summed E-state index contributed by atoms with van der Waals surface area (Å²) in [5, 5.41) is 7.34. The molecule has 0 aliphatic rings. The maximum atomic E-state index is 11.4. The number of hydrogen-bond acceptors (Lipinski definition) is 3. The molecule has 6 nitrogen and oxygen atoms in total. The highest BCUT2D eigenvalue weighted by Gasteiger charge is 2.19. The van der Waals surface area contributed by atoms with Crippen molar-refractivity contribution in [1.29, 1.82) is 0 Å². The van der Waals surface area contributed by atoms with Crippen LogP contribution in [0.3, 0.4) is 0 Å². The van der Waals surface area contributed by atoms with Crippen molar-refractivity contribution in [2.45, 2.75) is 13.8 Å². The number of anilines is 1. The van der Waals surface area contributed by atoms with Crippen LogP contribution in [0.15, 0.2) is 48.7 Å². The van der Waals surface area contributed by atoms with Gasteiger partial charge in [0.2, 0.25) is 0 Å². The van der Waals surface area contributed by atoms with Gasteiger partial charge < -0.3 is 5.73 Å². The highest BCUT2D eigenvalue weighted by Crippen LogP contribution is 2.31. The molecule has 0 bridgehead atoms. The summed E-state index contributed by atoms with van der Waals surface area (Å²) >= 11 is 0.